The van der Waals surface area contributed by atoms with Crippen molar-refractivity contribution in [1.82, 2.24) is 10.6 Å². The molecule has 2 rings (SSSR count). The predicted octanol–water partition coefficient (Wildman–Crippen LogP) is 4.97. The van der Waals surface area contributed by atoms with E-state index >= 15 is 0 Å². The third kappa shape index (κ3) is 9.99. The average Bonchev–Trinajstić information content (AvgIpc) is 2.96. The summed E-state index contributed by atoms with van der Waals surface area (Å²) >= 11 is 0. The number of ether oxygens (including phenoxy) is 2. The van der Waals surface area contributed by atoms with Gasteiger partial charge in [0.25, 0.3) is 7.29 Å². The van der Waals surface area contributed by atoms with Crippen molar-refractivity contribution in [3.8, 4) is 11.1 Å². The molecule has 0 spiro atoms. The average molecular weight is 603 g/mol. The molecule has 3 amide bonds. The van der Waals surface area contributed by atoms with E-state index in [-0.39, 0.29) is 6.42 Å². The quantitative estimate of drug-likeness (QED) is 0.130. The zero-order chi connectivity index (χ0) is 31.4. The minimum atomic E-state index is -4.19. The Morgan fingerprint density at radius 2 is 1.43 bits per heavy atom. The second-order valence-electron chi connectivity index (χ2n) is 10.0. The highest BCUT2D eigenvalue weighted by atomic mass is 31.2. The lowest BCUT2D eigenvalue weighted by Gasteiger charge is -2.25. The Labute approximate surface area is 243 Å². The maximum absolute atomic E-state index is 13.6. The van der Waals surface area contributed by atoms with Crippen LogP contribution in [0.25, 0.3) is 11.1 Å². The fraction of sp³-hybridized carbons (Fsp3) is 0.429. The molecule has 2 unspecified atom stereocenters. The monoisotopic (exact) mass is 602 g/mol. The van der Waals surface area contributed by atoms with Crippen LogP contribution in [-0.4, -0.2) is 48.2 Å². The van der Waals surface area contributed by atoms with Crippen LogP contribution in [0.2, 0.25) is 0 Å². The second kappa shape index (κ2) is 15.7. The van der Waals surface area contributed by atoms with Gasteiger partial charge in [-0.05, 0) is 41.9 Å². The molecule has 0 radical (unpaired) electrons. The van der Waals surface area contributed by atoms with Gasteiger partial charge in [-0.2, -0.15) is 0 Å². The minimum absolute atomic E-state index is 0.00477. The Morgan fingerprint density at radius 1 is 0.833 bits per heavy atom. The lowest BCUT2D eigenvalue weighted by Crippen LogP contribution is -2.43. The highest BCUT2D eigenvalue weighted by Crippen LogP contribution is 2.52. The van der Waals surface area contributed by atoms with Crippen LogP contribution < -0.4 is 10.6 Å². The summed E-state index contributed by atoms with van der Waals surface area (Å²) in [5, 5.41) is 6.92. The lowest BCUT2D eigenvalue weighted by molar-refractivity contribution is -0.168. The smallest absolute Gasteiger partial charge is 0.410 e. The molecule has 2 aromatic rings. The number of carbonyl (C=O) groups excluding carboxylic acids is 4. The van der Waals surface area contributed by atoms with Gasteiger partial charge in [-0.1, -0.05) is 68.4 Å². The number of alkyl carbamates (subject to hydrolysis) is 1. The summed E-state index contributed by atoms with van der Waals surface area (Å²) in [6, 6.07) is 15.5. The van der Waals surface area contributed by atoms with Crippen LogP contribution in [0, 0.1) is 21.6 Å². The third-order valence-corrected chi connectivity index (χ3v) is 8.89. The van der Waals surface area contributed by atoms with Crippen LogP contribution >= 0.6 is 7.29 Å². The largest absolute Gasteiger partial charge is 0.425 e. The lowest BCUT2D eigenvalue weighted by atomic mass is 9.97. The summed E-state index contributed by atoms with van der Waals surface area (Å²) in [6.45, 7) is 7.03. The molecule has 0 bridgehead atoms. The second-order valence-corrected chi connectivity index (χ2v) is 12.8. The fourth-order valence-electron chi connectivity index (χ4n) is 3.82. The fourth-order valence-corrected chi connectivity index (χ4v) is 5.58. The van der Waals surface area contributed by atoms with E-state index in [2.05, 4.69) is 20.8 Å². The molecule has 226 valence electrons. The molecule has 5 atom stereocenters. The van der Waals surface area contributed by atoms with Crippen molar-refractivity contribution in [2.24, 2.45) is 22.0 Å². The van der Waals surface area contributed by atoms with Crippen molar-refractivity contribution in [3.63, 3.8) is 0 Å². The number of nitrogens with one attached hydrogen (secondary N) is 2. The van der Waals surface area contributed by atoms with E-state index in [0.717, 1.165) is 11.1 Å². The van der Waals surface area contributed by atoms with Gasteiger partial charge < -0.3 is 20.1 Å². The molecule has 0 aliphatic carbocycles. The summed E-state index contributed by atoms with van der Waals surface area (Å²) in [4.78, 5) is 74.2. The van der Waals surface area contributed by atoms with Crippen molar-refractivity contribution in [1.29, 1.82) is 0 Å². The number of hydrogen-bond donors (Lipinski definition) is 2. The van der Waals surface area contributed by atoms with E-state index in [4.69, 9.17) is 9.47 Å². The molecule has 0 saturated heterocycles. The normalized spacial score (nSPS) is 15.2. The first-order valence-electron chi connectivity index (χ1n) is 13.2. The molecule has 0 aliphatic rings. The van der Waals surface area contributed by atoms with E-state index in [0.29, 0.717) is 5.56 Å². The molecule has 0 aliphatic heterocycles. The van der Waals surface area contributed by atoms with Gasteiger partial charge in [-0.3, -0.25) is 18.9 Å². The molecule has 2 aromatic carbocycles. The minimum Gasteiger partial charge on any atom is -0.425 e. The Balaban J connectivity index is 2.23. The summed E-state index contributed by atoms with van der Waals surface area (Å²) in [6.07, 6.45) is -2.96. The molecule has 0 saturated carbocycles. The highest BCUT2D eigenvalue weighted by Gasteiger charge is 2.39. The van der Waals surface area contributed by atoms with Crippen LogP contribution in [0.1, 0.15) is 40.2 Å². The van der Waals surface area contributed by atoms with Gasteiger partial charge >= 0.3 is 18.0 Å². The molecule has 0 aromatic heterocycles. The van der Waals surface area contributed by atoms with Crippen molar-refractivity contribution in [3.05, 3.63) is 70.0 Å². The zero-order valence-electron chi connectivity index (χ0n) is 24.0. The van der Waals surface area contributed by atoms with E-state index in [1.807, 2.05) is 42.5 Å². The van der Waals surface area contributed by atoms with Crippen molar-refractivity contribution >= 4 is 31.2 Å². The van der Waals surface area contributed by atoms with Crippen LogP contribution in [0.3, 0.4) is 0 Å². The number of nitroso groups, excluding NO2 is 2. The Bertz CT molecular complexity index is 1320. The molecule has 42 heavy (non-hydrogen) atoms. The van der Waals surface area contributed by atoms with Gasteiger partial charge in [0.15, 0.2) is 0 Å². The van der Waals surface area contributed by atoms with Gasteiger partial charge in [0.05, 0.1) is 11.8 Å². The summed E-state index contributed by atoms with van der Waals surface area (Å²) in [7, 11) is -4.19. The number of rotatable bonds is 14. The third-order valence-electron chi connectivity index (χ3n) is 6.31. The number of carbonyl (C=O) groups is 4. The van der Waals surface area contributed by atoms with Crippen molar-refractivity contribution in [2.45, 2.75) is 59.2 Å². The Hall–Kier alpha value is -4.25. The van der Waals surface area contributed by atoms with E-state index in [9.17, 15) is 33.6 Å². The molecule has 0 heterocycles. The molecule has 14 heteroatoms. The molecule has 2 N–H and O–H groups in total. The van der Waals surface area contributed by atoms with Gasteiger partial charge in [0.1, 0.15) is 11.8 Å². The standard InChI is InChI=1S/C28H35N4O9P/c1-17(2)27(35)40-20(5)41-28(36)30-19(4)42(39,32-38)16-24(26(34)29-18(3)25(33)31-37)15-21-11-13-23(14-12-21)22-9-7-6-8-10-22/h6-14,17-20,24H,15-16H2,1-5H3,(H,29,34)(H,30,36)/t18-,19+,20?,24+,42?/m0/s1. The summed E-state index contributed by atoms with van der Waals surface area (Å²) < 4.78 is 23.5. The summed E-state index contributed by atoms with van der Waals surface area (Å²) in [5.74, 6) is -5.45. The zero-order valence-corrected chi connectivity index (χ0v) is 24.9. The predicted molar refractivity (Wildman–Crippen MR) is 155 cm³/mol. The maximum atomic E-state index is 13.6. The number of nitrogens with zero attached hydrogens (tertiary/aromatic N) is 2. The molecule has 13 nitrogen and oxygen atoms in total. The first-order valence-corrected chi connectivity index (χ1v) is 15.1. The van der Waals surface area contributed by atoms with Crippen LogP contribution in [0.15, 0.2) is 64.7 Å². The van der Waals surface area contributed by atoms with Crippen LogP contribution in [0.4, 0.5) is 4.79 Å². The molecule has 0 fully saturated rings. The maximum Gasteiger partial charge on any atom is 0.410 e. The summed E-state index contributed by atoms with van der Waals surface area (Å²) in [5.41, 5.74) is 2.55. The van der Waals surface area contributed by atoms with Gasteiger partial charge in [-0.25, -0.2) is 4.79 Å². The number of esters is 1. The van der Waals surface area contributed by atoms with Gasteiger partial charge in [0.2, 0.25) is 12.2 Å². The van der Waals surface area contributed by atoms with Crippen molar-refractivity contribution in [2.75, 3.05) is 6.16 Å². The SMILES string of the molecule is CC(OC(=O)N[C@@H](C)P(=O)(C[C@@H](Cc1ccc(-c2ccccc2)cc1)C(=O)N[C@@H](C)C(=O)N=O)N=O)OC(=O)C(C)C. The van der Waals surface area contributed by atoms with Gasteiger partial charge in [0, 0.05) is 18.3 Å². The Morgan fingerprint density at radius 3 is 1.98 bits per heavy atom. The molecular weight excluding hydrogens is 567 g/mol. The Kier molecular flexibility index (Phi) is 12.7. The highest BCUT2D eigenvalue weighted by molar-refractivity contribution is 7.63. The van der Waals surface area contributed by atoms with E-state index < -0.39 is 67.3 Å². The van der Waals surface area contributed by atoms with E-state index in [1.165, 1.54) is 20.8 Å². The van der Waals surface area contributed by atoms with Crippen LogP contribution in [0.5, 0.6) is 0 Å². The van der Waals surface area contributed by atoms with Gasteiger partial charge in [-0.15, -0.1) is 9.81 Å². The number of hydrogen-bond acceptors (Lipinski definition) is 9. The number of amides is 3. The van der Waals surface area contributed by atoms with Crippen molar-refractivity contribution < 1.29 is 33.2 Å². The topological polar surface area (TPSA) is 187 Å². The molecular formula is C28H35N4O9P. The van der Waals surface area contributed by atoms with Crippen LogP contribution in [-0.2, 0) is 34.8 Å². The van der Waals surface area contributed by atoms with E-state index in [1.54, 1.807) is 26.0 Å². The first kappa shape index (κ1) is 34.0. The number of benzene rings is 2. The first-order chi connectivity index (χ1) is 19.8.